The van der Waals surface area contributed by atoms with Crippen LogP contribution in [0.2, 0.25) is 0 Å². The Labute approximate surface area is 171 Å². The van der Waals surface area contributed by atoms with E-state index in [9.17, 15) is 14.4 Å². The summed E-state index contributed by atoms with van der Waals surface area (Å²) in [7, 11) is 0. The summed E-state index contributed by atoms with van der Waals surface area (Å²) in [5.41, 5.74) is 2.84. The molecule has 4 rings (SSSR count). The van der Waals surface area contributed by atoms with Gasteiger partial charge in [-0.25, -0.2) is 0 Å². The van der Waals surface area contributed by atoms with Crippen LogP contribution in [0, 0.1) is 0 Å². The van der Waals surface area contributed by atoms with Crippen molar-refractivity contribution in [3.05, 3.63) is 34.9 Å². The molecule has 1 aromatic rings. The molecule has 0 bridgehead atoms. The molecule has 0 aliphatic carbocycles. The summed E-state index contributed by atoms with van der Waals surface area (Å²) >= 11 is 0. The molecule has 7 nitrogen and oxygen atoms in total. The lowest BCUT2D eigenvalue weighted by atomic mass is 9.85. The summed E-state index contributed by atoms with van der Waals surface area (Å²) in [6, 6.07) is 5.48. The monoisotopic (exact) mass is 398 g/mol. The maximum absolute atomic E-state index is 13.0. The van der Waals surface area contributed by atoms with Gasteiger partial charge in [-0.2, -0.15) is 0 Å². The van der Waals surface area contributed by atoms with E-state index in [4.69, 9.17) is 0 Å². The van der Waals surface area contributed by atoms with Gasteiger partial charge in [0, 0.05) is 37.2 Å². The predicted octanol–water partition coefficient (Wildman–Crippen LogP) is 1.46. The molecule has 0 aromatic heterocycles. The lowest BCUT2D eigenvalue weighted by Gasteiger charge is -2.39. The normalized spacial score (nSPS) is 27.1. The molecule has 3 aliphatic heterocycles. The van der Waals surface area contributed by atoms with E-state index in [0.717, 1.165) is 43.6 Å². The molecule has 2 saturated heterocycles. The van der Waals surface area contributed by atoms with E-state index in [1.807, 2.05) is 12.1 Å². The van der Waals surface area contributed by atoms with E-state index < -0.39 is 6.04 Å². The van der Waals surface area contributed by atoms with E-state index in [1.165, 1.54) is 12.8 Å². The highest BCUT2D eigenvalue weighted by Gasteiger charge is 2.39. The van der Waals surface area contributed by atoms with E-state index in [1.54, 1.807) is 4.90 Å². The molecule has 1 aromatic carbocycles. The van der Waals surface area contributed by atoms with Crippen molar-refractivity contribution in [1.29, 1.82) is 0 Å². The Morgan fingerprint density at radius 2 is 2.14 bits per heavy atom. The third kappa shape index (κ3) is 4.07. The molecule has 7 heteroatoms. The highest BCUT2D eigenvalue weighted by atomic mass is 16.2. The van der Waals surface area contributed by atoms with Crippen LogP contribution in [0.3, 0.4) is 0 Å². The third-order valence-electron chi connectivity index (χ3n) is 6.46. The number of fused-ring (bicyclic) bond motifs is 1. The van der Waals surface area contributed by atoms with Gasteiger partial charge < -0.3 is 15.5 Å². The smallest absolute Gasteiger partial charge is 0.255 e. The fourth-order valence-corrected chi connectivity index (χ4v) is 4.90. The first kappa shape index (κ1) is 20.0. The van der Waals surface area contributed by atoms with E-state index in [2.05, 4.69) is 28.9 Å². The predicted molar refractivity (Wildman–Crippen MR) is 109 cm³/mol. The van der Waals surface area contributed by atoms with E-state index >= 15 is 0 Å². The van der Waals surface area contributed by atoms with Crippen molar-refractivity contribution in [2.24, 2.45) is 0 Å². The molecule has 3 amide bonds. The first-order valence-corrected chi connectivity index (χ1v) is 10.7. The molecule has 156 valence electrons. The highest BCUT2D eigenvalue weighted by molar-refractivity contribution is 6.05. The Morgan fingerprint density at radius 3 is 2.86 bits per heavy atom. The molecule has 3 N–H and O–H groups in total. The SMILES string of the molecule is CCCC1(NCc2ccc3c(c2)C(=O)N(C2CCC(=O)NC2=O)C3)CCCNC1. The maximum Gasteiger partial charge on any atom is 0.255 e. The number of nitrogens with zero attached hydrogens (tertiary/aromatic N) is 1. The van der Waals surface area contributed by atoms with Crippen LogP contribution < -0.4 is 16.0 Å². The lowest BCUT2D eigenvalue weighted by molar-refractivity contribution is -0.136. The minimum atomic E-state index is -0.560. The number of rotatable bonds is 6. The largest absolute Gasteiger partial charge is 0.322 e. The fraction of sp³-hybridized carbons (Fsp3) is 0.591. The van der Waals surface area contributed by atoms with E-state index in [-0.39, 0.29) is 29.7 Å². The number of amides is 3. The van der Waals surface area contributed by atoms with Crippen molar-refractivity contribution in [2.75, 3.05) is 13.1 Å². The van der Waals surface area contributed by atoms with Crippen LogP contribution in [0.1, 0.15) is 66.9 Å². The van der Waals surface area contributed by atoms with Gasteiger partial charge in [0.15, 0.2) is 0 Å². The van der Waals surface area contributed by atoms with Gasteiger partial charge in [-0.1, -0.05) is 25.5 Å². The standard InChI is InChI=1S/C22H30N4O3/c1-2-8-22(9-3-10-23-14-22)24-12-15-4-5-16-13-26(21(29)17(16)11-15)18-6-7-19(27)25-20(18)28/h4-5,11,18,23-24H,2-3,6-10,12-14H2,1H3,(H,25,27,28). The van der Waals surface area contributed by atoms with Gasteiger partial charge >= 0.3 is 0 Å². The molecule has 3 aliphatic rings. The topological polar surface area (TPSA) is 90.5 Å². The van der Waals surface area contributed by atoms with Gasteiger partial charge in [-0.05, 0) is 49.4 Å². The Kier molecular flexibility index (Phi) is 5.69. The molecule has 2 unspecified atom stereocenters. The first-order valence-electron chi connectivity index (χ1n) is 10.7. The van der Waals surface area contributed by atoms with Crippen LogP contribution in [-0.2, 0) is 22.7 Å². The third-order valence-corrected chi connectivity index (χ3v) is 6.46. The average Bonchev–Trinajstić information content (AvgIpc) is 3.03. The van der Waals surface area contributed by atoms with Crippen LogP contribution in [0.5, 0.6) is 0 Å². The second-order valence-electron chi connectivity index (χ2n) is 8.56. The van der Waals surface area contributed by atoms with Crippen LogP contribution in [0.15, 0.2) is 18.2 Å². The van der Waals surface area contributed by atoms with Crippen molar-refractivity contribution in [2.45, 2.75) is 70.1 Å². The summed E-state index contributed by atoms with van der Waals surface area (Å²) < 4.78 is 0. The van der Waals surface area contributed by atoms with Gasteiger partial charge in [0.05, 0.1) is 0 Å². The molecule has 3 heterocycles. The second kappa shape index (κ2) is 8.24. The molecular weight excluding hydrogens is 368 g/mol. The van der Waals surface area contributed by atoms with Crippen molar-refractivity contribution < 1.29 is 14.4 Å². The Morgan fingerprint density at radius 1 is 1.28 bits per heavy atom. The number of nitrogens with one attached hydrogen (secondary N) is 3. The summed E-state index contributed by atoms with van der Waals surface area (Å²) in [6.45, 7) is 5.43. The Balaban J connectivity index is 1.45. The minimum Gasteiger partial charge on any atom is -0.322 e. The summed E-state index contributed by atoms with van der Waals surface area (Å²) in [6.07, 6.45) is 5.29. The number of hydrogen-bond donors (Lipinski definition) is 3. The fourth-order valence-electron chi connectivity index (χ4n) is 4.90. The number of piperidine rings is 2. The van der Waals surface area contributed by atoms with Crippen LogP contribution in [0.4, 0.5) is 0 Å². The molecule has 0 spiro atoms. The molecular formula is C22H30N4O3. The highest BCUT2D eigenvalue weighted by Crippen LogP contribution is 2.29. The van der Waals surface area contributed by atoms with Crippen LogP contribution in [0.25, 0.3) is 0 Å². The zero-order valence-electron chi connectivity index (χ0n) is 17.1. The van der Waals surface area contributed by atoms with Gasteiger partial charge in [0.1, 0.15) is 6.04 Å². The van der Waals surface area contributed by atoms with Crippen molar-refractivity contribution >= 4 is 17.7 Å². The van der Waals surface area contributed by atoms with Gasteiger partial charge in [-0.3, -0.25) is 19.7 Å². The number of imide groups is 1. The van der Waals surface area contributed by atoms with Crippen LogP contribution >= 0.6 is 0 Å². The Hall–Kier alpha value is -2.25. The number of benzene rings is 1. The van der Waals surface area contributed by atoms with Gasteiger partial charge in [0.2, 0.25) is 11.8 Å². The number of carbonyl (C=O) groups excluding carboxylic acids is 3. The molecule has 0 radical (unpaired) electrons. The van der Waals surface area contributed by atoms with Crippen molar-refractivity contribution in [1.82, 2.24) is 20.9 Å². The van der Waals surface area contributed by atoms with E-state index in [0.29, 0.717) is 18.5 Å². The average molecular weight is 399 g/mol. The first-order chi connectivity index (χ1) is 14.0. The molecule has 29 heavy (non-hydrogen) atoms. The zero-order valence-corrected chi connectivity index (χ0v) is 17.1. The Bertz CT molecular complexity index is 811. The molecule has 0 saturated carbocycles. The van der Waals surface area contributed by atoms with Crippen molar-refractivity contribution in [3.63, 3.8) is 0 Å². The quantitative estimate of drug-likeness (QED) is 0.631. The van der Waals surface area contributed by atoms with Crippen LogP contribution in [-0.4, -0.2) is 47.3 Å². The summed E-state index contributed by atoms with van der Waals surface area (Å²) in [4.78, 5) is 38.2. The van der Waals surface area contributed by atoms with Gasteiger partial charge in [-0.15, -0.1) is 0 Å². The molecule has 2 fully saturated rings. The maximum atomic E-state index is 13.0. The second-order valence-corrected chi connectivity index (χ2v) is 8.56. The summed E-state index contributed by atoms with van der Waals surface area (Å²) in [5.74, 6) is -0.739. The number of hydrogen-bond acceptors (Lipinski definition) is 5. The van der Waals surface area contributed by atoms with Gasteiger partial charge in [0.25, 0.3) is 5.91 Å². The minimum absolute atomic E-state index is 0.112. The number of carbonyl (C=O) groups is 3. The molecule has 2 atom stereocenters. The lowest BCUT2D eigenvalue weighted by Crippen LogP contribution is -2.55. The summed E-state index contributed by atoms with van der Waals surface area (Å²) in [5, 5.41) is 9.62. The van der Waals surface area contributed by atoms with Crippen molar-refractivity contribution in [3.8, 4) is 0 Å². The zero-order chi connectivity index (χ0) is 20.4.